The molecule has 0 saturated carbocycles. The quantitative estimate of drug-likeness (QED) is 0.396. The van der Waals surface area contributed by atoms with E-state index in [2.05, 4.69) is 20.7 Å². The fourth-order valence-corrected chi connectivity index (χ4v) is 2.55. The Bertz CT molecular complexity index is 547. The van der Waals surface area contributed by atoms with E-state index in [1.807, 2.05) is 13.8 Å². The number of hydrogen-bond donors (Lipinski definition) is 3. The largest absolute Gasteiger partial charge is 0.335 e. The first-order valence-electron chi connectivity index (χ1n) is 7.03. The van der Waals surface area contributed by atoms with Gasteiger partial charge >= 0.3 is 0 Å². The summed E-state index contributed by atoms with van der Waals surface area (Å²) in [4.78, 5) is 33.8. The summed E-state index contributed by atoms with van der Waals surface area (Å²) in [6.07, 6.45) is 3.55. The van der Waals surface area contributed by atoms with E-state index >= 15 is 0 Å². The Kier molecular flexibility index (Phi) is 4.69. The van der Waals surface area contributed by atoms with Crippen LogP contribution in [0.3, 0.4) is 0 Å². The molecule has 1 unspecified atom stereocenters. The van der Waals surface area contributed by atoms with E-state index in [1.165, 1.54) is 6.33 Å². The van der Waals surface area contributed by atoms with Gasteiger partial charge in [-0.05, 0) is 12.8 Å². The SMILES string of the molecule is CCCc1c(NN)ncnc1N1CC(=O)NC(=O)C1CC. The van der Waals surface area contributed by atoms with E-state index in [1.54, 1.807) is 4.90 Å². The highest BCUT2D eigenvalue weighted by molar-refractivity contribution is 6.04. The van der Waals surface area contributed by atoms with Gasteiger partial charge in [-0.3, -0.25) is 14.9 Å². The predicted octanol–water partition coefficient (Wildman–Crippen LogP) is -0.0439. The summed E-state index contributed by atoms with van der Waals surface area (Å²) in [5.74, 6) is 5.99. The Labute approximate surface area is 123 Å². The molecule has 0 radical (unpaired) electrons. The first kappa shape index (κ1) is 15.2. The van der Waals surface area contributed by atoms with Crippen LogP contribution in [0, 0.1) is 0 Å². The zero-order chi connectivity index (χ0) is 15.4. The number of piperazine rings is 1. The van der Waals surface area contributed by atoms with Crippen LogP contribution in [-0.2, 0) is 16.0 Å². The van der Waals surface area contributed by atoms with Crippen molar-refractivity contribution in [3.05, 3.63) is 11.9 Å². The van der Waals surface area contributed by atoms with Crippen LogP contribution in [0.5, 0.6) is 0 Å². The summed E-state index contributed by atoms with van der Waals surface area (Å²) in [5.41, 5.74) is 3.37. The Morgan fingerprint density at radius 2 is 2.19 bits per heavy atom. The van der Waals surface area contributed by atoms with Gasteiger partial charge in [0.1, 0.15) is 24.0 Å². The van der Waals surface area contributed by atoms with Gasteiger partial charge in [-0.15, -0.1) is 0 Å². The minimum Gasteiger partial charge on any atom is -0.335 e. The number of hydrogen-bond acceptors (Lipinski definition) is 7. The Balaban J connectivity index is 2.47. The normalized spacial score (nSPS) is 18.6. The molecule has 21 heavy (non-hydrogen) atoms. The number of imide groups is 1. The third kappa shape index (κ3) is 2.94. The van der Waals surface area contributed by atoms with Gasteiger partial charge in [0.25, 0.3) is 0 Å². The average molecular weight is 292 g/mol. The summed E-state index contributed by atoms with van der Waals surface area (Å²) < 4.78 is 0. The number of nitrogens with one attached hydrogen (secondary N) is 2. The van der Waals surface area contributed by atoms with Gasteiger partial charge < -0.3 is 10.3 Å². The molecular formula is C13H20N6O2. The van der Waals surface area contributed by atoms with Crippen LogP contribution < -0.4 is 21.5 Å². The second kappa shape index (κ2) is 6.49. The lowest BCUT2D eigenvalue weighted by atomic mass is 10.1. The third-order valence-corrected chi connectivity index (χ3v) is 3.47. The summed E-state index contributed by atoms with van der Waals surface area (Å²) in [7, 11) is 0. The lowest BCUT2D eigenvalue weighted by molar-refractivity contribution is -0.132. The highest BCUT2D eigenvalue weighted by atomic mass is 16.2. The van der Waals surface area contributed by atoms with Crippen molar-refractivity contribution in [1.82, 2.24) is 15.3 Å². The first-order chi connectivity index (χ1) is 10.1. The van der Waals surface area contributed by atoms with Crippen LogP contribution >= 0.6 is 0 Å². The van der Waals surface area contributed by atoms with E-state index < -0.39 is 6.04 Å². The maximum Gasteiger partial charge on any atom is 0.249 e. The van der Waals surface area contributed by atoms with Gasteiger partial charge in [0.05, 0.1) is 6.54 Å². The summed E-state index contributed by atoms with van der Waals surface area (Å²) >= 11 is 0. The highest BCUT2D eigenvalue weighted by Gasteiger charge is 2.34. The number of rotatable bonds is 5. The molecule has 1 aliphatic rings. The van der Waals surface area contributed by atoms with Crippen molar-refractivity contribution in [2.75, 3.05) is 16.9 Å². The van der Waals surface area contributed by atoms with Crippen LogP contribution in [0.15, 0.2) is 6.33 Å². The van der Waals surface area contributed by atoms with E-state index in [0.29, 0.717) is 24.5 Å². The van der Waals surface area contributed by atoms with Crippen molar-refractivity contribution >= 4 is 23.5 Å². The van der Waals surface area contributed by atoms with E-state index in [0.717, 1.165) is 12.0 Å². The molecule has 1 aliphatic heterocycles. The van der Waals surface area contributed by atoms with Gasteiger partial charge in [0.15, 0.2) is 0 Å². The number of nitrogens with two attached hydrogens (primary N) is 1. The van der Waals surface area contributed by atoms with Gasteiger partial charge in [-0.25, -0.2) is 15.8 Å². The average Bonchev–Trinajstić information content (AvgIpc) is 2.47. The van der Waals surface area contributed by atoms with Crippen molar-refractivity contribution in [3.8, 4) is 0 Å². The molecule has 2 rings (SSSR count). The molecule has 0 aromatic carbocycles. The predicted molar refractivity (Wildman–Crippen MR) is 78.4 cm³/mol. The van der Waals surface area contributed by atoms with Crippen LogP contribution in [-0.4, -0.2) is 34.4 Å². The fraction of sp³-hybridized carbons (Fsp3) is 0.538. The minimum absolute atomic E-state index is 0.0992. The Morgan fingerprint density at radius 1 is 1.43 bits per heavy atom. The Morgan fingerprint density at radius 3 is 2.81 bits per heavy atom. The zero-order valence-electron chi connectivity index (χ0n) is 12.2. The number of amides is 2. The maximum absolute atomic E-state index is 12.0. The second-order valence-electron chi connectivity index (χ2n) is 4.88. The minimum atomic E-state index is -0.418. The summed E-state index contributed by atoms with van der Waals surface area (Å²) in [5, 5.41) is 2.36. The van der Waals surface area contributed by atoms with Crippen molar-refractivity contribution < 1.29 is 9.59 Å². The number of nitrogen functional groups attached to an aromatic ring is 1. The van der Waals surface area contributed by atoms with Gasteiger partial charge in [0, 0.05) is 5.56 Å². The molecule has 8 heteroatoms. The van der Waals surface area contributed by atoms with Gasteiger partial charge in [-0.1, -0.05) is 20.3 Å². The molecule has 0 spiro atoms. The van der Waals surface area contributed by atoms with Crippen molar-refractivity contribution in [3.63, 3.8) is 0 Å². The molecule has 1 atom stereocenters. The molecule has 1 aromatic rings. The lowest BCUT2D eigenvalue weighted by Crippen LogP contribution is -2.58. The molecule has 0 bridgehead atoms. The monoisotopic (exact) mass is 292 g/mol. The molecule has 1 fully saturated rings. The molecule has 2 amide bonds. The molecule has 2 heterocycles. The topological polar surface area (TPSA) is 113 Å². The van der Waals surface area contributed by atoms with Crippen molar-refractivity contribution in [2.45, 2.75) is 39.2 Å². The fourth-order valence-electron chi connectivity index (χ4n) is 2.55. The molecule has 1 saturated heterocycles. The number of carbonyl (C=O) groups is 2. The number of aromatic nitrogens is 2. The van der Waals surface area contributed by atoms with E-state index in [4.69, 9.17) is 5.84 Å². The number of hydrazine groups is 1. The standard InChI is InChI=1S/C13H20N6O2/c1-3-5-8-11(18-14)15-7-16-12(8)19-6-10(20)17-13(21)9(19)4-2/h7,9H,3-6,14H2,1-2H3,(H,15,16,18)(H,17,20,21). The maximum atomic E-state index is 12.0. The molecule has 8 nitrogen and oxygen atoms in total. The number of anilines is 2. The smallest absolute Gasteiger partial charge is 0.249 e. The van der Waals surface area contributed by atoms with Crippen molar-refractivity contribution in [2.24, 2.45) is 5.84 Å². The van der Waals surface area contributed by atoms with Crippen molar-refractivity contribution in [1.29, 1.82) is 0 Å². The third-order valence-electron chi connectivity index (χ3n) is 3.47. The highest BCUT2D eigenvalue weighted by Crippen LogP contribution is 2.27. The van der Waals surface area contributed by atoms with Gasteiger partial charge in [0.2, 0.25) is 11.8 Å². The molecular weight excluding hydrogens is 272 g/mol. The molecule has 1 aromatic heterocycles. The first-order valence-corrected chi connectivity index (χ1v) is 7.03. The lowest BCUT2D eigenvalue weighted by Gasteiger charge is -2.35. The van der Waals surface area contributed by atoms with Crippen LogP contribution in [0.25, 0.3) is 0 Å². The van der Waals surface area contributed by atoms with Gasteiger partial charge in [-0.2, -0.15) is 0 Å². The summed E-state index contributed by atoms with van der Waals surface area (Å²) in [6, 6.07) is -0.418. The van der Waals surface area contributed by atoms with E-state index in [-0.39, 0.29) is 18.4 Å². The number of carbonyl (C=O) groups excluding carboxylic acids is 2. The van der Waals surface area contributed by atoms with Crippen LogP contribution in [0.2, 0.25) is 0 Å². The number of nitrogens with zero attached hydrogens (tertiary/aromatic N) is 3. The molecule has 114 valence electrons. The molecule has 0 aliphatic carbocycles. The van der Waals surface area contributed by atoms with Crippen LogP contribution in [0.1, 0.15) is 32.3 Å². The van der Waals surface area contributed by atoms with Crippen LogP contribution in [0.4, 0.5) is 11.6 Å². The Hall–Kier alpha value is -2.22. The molecule has 4 N–H and O–H groups in total. The van der Waals surface area contributed by atoms with E-state index in [9.17, 15) is 9.59 Å². The zero-order valence-corrected chi connectivity index (χ0v) is 12.2. The second-order valence-corrected chi connectivity index (χ2v) is 4.88. The summed E-state index contributed by atoms with van der Waals surface area (Å²) in [6.45, 7) is 4.03.